The van der Waals surface area contributed by atoms with Crippen LogP contribution in [0.15, 0.2) is 0 Å². The Labute approximate surface area is 70.8 Å². The number of nitrogens with one attached hydrogen (secondary N) is 1. The molecule has 6 heteroatoms. The number of amides is 1. The van der Waals surface area contributed by atoms with Gasteiger partial charge in [0.1, 0.15) is 6.61 Å². The number of carbonyl (C=O) groups excluding carboxylic acids is 1. The van der Waals surface area contributed by atoms with E-state index in [2.05, 4.69) is 0 Å². The van der Waals surface area contributed by atoms with E-state index in [1.807, 2.05) is 0 Å². The lowest BCUT2D eigenvalue weighted by Gasteiger charge is -2.24. The first kappa shape index (κ1) is 9.47. The predicted octanol–water partition coefficient (Wildman–Crippen LogP) is -1.02. The van der Waals surface area contributed by atoms with Crippen molar-refractivity contribution in [1.82, 2.24) is 4.72 Å². The summed E-state index contributed by atoms with van der Waals surface area (Å²) in [5, 5.41) is 7.86. The maximum atomic E-state index is 11.1. The van der Waals surface area contributed by atoms with Crippen LogP contribution in [0.4, 0.5) is 0 Å². The number of rotatable bonds is 3. The van der Waals surface area contributed by atoms with E-state index in [4.69, 9.17) is 5.11 Å². The van der Waals surface area contributed by atoms with Gasteiger partial charge in [0.05, 0.1) is 5.25 Å². The fourth-order valence-corrected chi connectivity index (χ4v) is 2.46. The van der Waals surface area contributed by atoms with Crippen LogP contribution < -0.4 is 4.72 Å². The van der Waals surface area contributed by atoms with Crippen molar-refractivity contribution in [2.75, 3.05) is 6.61 Å². The van der Waals surface area contributed by atoms with E-state index in [1.54, 1.807) is 4.72 Å². The average Bonchev–Trinajstić information content (AvgIpc) is 1.80. The molecule has 2 N–H and O–H groups in total. The van der Waals surface area contributed by atoms with Crippen LogP contribution in [0.2, 0.25) is 0 Å². The van der Waals surface area contributed by atoms with E-state index >= 15 is 0 Å². The normalized spacial score (nSPS) is 18.4. The zero-order chi connectivity index (χ0) is 9.19. The van der Waals surface area contributed by atoms with Gasteiger partial charge in [-0.05, 0) is 12.8 Å². The van der Waals surface area contributed by atoms with Crippen molar-refractivity contribution >= 4 is 15.9 Å². The Bertz CT molecular complexity index is 267. The summed E-state index contributed by atoms with van der Waals surface area (Å²) < 4.78 is 24.1. The summed E-state index contributed by atoms with van der Waals surface area (Å²) in [6.07, 6.45) is 2.10. The lowest BCUT2D eigenvalue weighted by atomic mass is 10.0. The fourth-order valence-electron chi connectivity index (χ4n) is 0.955. The highest BCUT2D eigenvalue weighted by atomic mass is 32.2. The first-order chi connectivity index (χ1) is 5.56. The van der Waals surface area contributed by atoms with Crippen molar-refractivity contribution in [3.8, 4) is 0 Å². The summed E-state index contributed by atoms with van der Waals surface area (Å²) in [7, 11) is -3.49. The van der Waals surface area contributed by atoms with Crippen molar-refractivity contribution in [2.24, 2.45) is 0 Å². The molecule has 5 nitrogen and oxygen atoms in total. The quantitative estimate of drug-likeness (QED) is 0.600. The minimum Gasteiger partial charge on any atom is -0.387 e. The highest BCUT2D eigenvalue weighted by Crippen LogP contribution is 2.24. The summed E-state index contributed by atoms with van der Waals surface area (Å²) in [5.41, 5.74) is 0. The van der Waals surface area contributed by atoms with Crippen molar-refractivity contribution in [2.45, 2.75) is 24.5 Å². The standard InChI is InChI=1S/C6H11NO4S/c8-4-6(9)7-12(10,11)5-2-1-3-5/h5,8H,1-4H2,(H,7,9). The molecule has 1 rings (SSSR count). The molecule has 0 atom stereocenters. The molecule has 12 heavy (non-hydrogen) atoms. The third-order valence-electron chi connectivity index (χ3n) is 1.89. The Hall–Kier alpha value is -0.620. The summed E-state index contributed by atoms with van der Waals surface area (Å²) in [5.74, 6) is -0.859. The Morgan fingerprint density at radius 1 is 1.50 bits per heavy atom. The van der Waals surface area contributed by atoms with Crippen LogP contribution in [0, 0.1) is 0 Å². The van der Waals surface area contributed by atoms with E-state index in [9.17, 15) is 13.2 Å². The average molecular weight is 193 g/mol. The molecule has 1 saturated carbocycles. The van der Waals surface area contributed by atoms with Crippen molar-refractivity contribution in [1.29, 1.82) is 0 Å². The molecule has 0 aromatic carbocycles. The van der Waals surface area contributed by atoms with E-state index in [0.29, 0.717) is 12.8 Å². The topological polar surface area (TPSA) is 83.5 Å². The molecule has 0 spiro atoms. The third kappa shape index (κ3) is 1.95. The summed E-state index contributed by atoms with van der Waals surface area (Å²) >= 11 is 0. The lowest BCUT2D eigenvalue weighted by molar-refractivity contribution is -0.122. The first-order valence-electron chi connectivity index (χ1n) is 3.71. The molecule has 0 heterocycles. The van der Waals surface area contributed by atoms with Crippen LogP contribution in [-0.4, -0.2) is 31.3 Å². The number of hydrogen-bond donors (Lipinski definition) is 2. The second-order valence-electron chi connectivity index (χ2n) is 2.78. The summed E-state index contributed by atoms with van der Waals surface area (Å²) in [4.78, 5) is 10.5. The van der Waals surface area contributed by atoms with Crippen LogP contribution in [0.5, 0.6) is 0 Å². The van der Waals surface area contributed by atoms with Crippen molar-refractivity contribution < 1.29 is 18.3 Å². The van der Waals surface area contributed by atoms with Gasteiger partial charge >= 0.3 is 0 Å². The Morgan fingerprint density at radius 2 is 2.08 bits per heavy atom. The molecule has 0 unspecified atom stereocenters. The maximum Gasteiger partial charge on any atom is 0.259 e. The highest BCUT2D eigenvalue weighted by Gasteiger charge is 2.32. The van der Waals surface area contributed by atoms with Gasteiger partial charge < -0.3 is 5.11 Å². The molecule has 0 aromatic heterocycles. The number of aliphatic hydroxyl groups excluding tert-OH is 1. The molecule has 1 amide bonds. The molecule has 1 aliphatic carbocycles. The number of aliphatic hydroxyl groups is 1. The largest absolute Gasteiger partial charge is 0.387 e. The molecule has 1 fully saturated rings. The van der Waals surface area contributed by atoms with Gasteiger partial charge in [0.2, 0.25) is 10.0 Å². The molecule has 70 valence electrons. The van der Waals surface area contributed by atoms with Crippen molar-refractivity contribution in [3.05, 3.63) is 0 Å². The van der Waals surface area contributed by atoms with E-state index in [-0.39, 0.29) is 0 Å². The second-order valence-corrected chi connectivity index (χ2v) is 4.74. The minimum absolute atomic E-state index is 0.437. The molecule has 0 aliphatic heterocycles. The molecular weight excluding hydrogens is 182 g/mol. The van der Waals surface area contributed by atoms with Gasteiger partial charge in [-0.25, -0.2) is 8.42 Å². The fraction of sp³-hybridized carbons (Fsp3) is 0.833. The van der Waals surface area contributed by atoms with Gasteiger partial charge in [0.25, 0.3) is 5.91 Å². The molecule has 0 bridgehead atoms. The molecule has 0 saturated heterocycles. The third-order valence-corrected chi connectivity index (χ3v) is 3.75. The Kier molecular flexibility index (Phi) is 2.69. The maximum absolute atomic E-state index is 11.1. The van der Waals surface area contributed by atoms with Gasteiger partial charge in [-0.2, -0.15) is 0 Å². The van der Waals surface area contributed by atoms with Gasteiger partial charge in [0.15, 0.2) is 0 Å². The van der Waals surface area contributed by atoms with Gasteiger partial charge in [0, 0.05) is 0 Å². The Morgan fingerprint density at radius 3 is 2.42 bits per heavy atom. The van der Waals surface area contributed by atoms with E-state index < -0.39 is 27.8 Å². The first-order valence-corrected chi connectivity index (χ1v) is 5.26. The molecule has 0 radical (unpaired) electrons. The van der Waals surface area contributed by atoms with Crippen molar-refractivity contribution in [3.63, 3.8) is 0 Å². The SMILES string of the molecule is O=C(CO)NS(=O)(=O)C1CCC1. The summed E-state index contributed by atoms with van der Waals surface area (Å²) in [6, 6.07) is 0. The minimum atomic E-state index is -3.49. The molecule has 0 aromatic rings. The zero-order valence-corrected chi connectivity index (χ0v) is 7.30. The number of hydrogen-bond acceptors (Lipinski definition) is 4. The monoisotopic (exact) mass is 193 g/mol. The molecular formula is C6H11NO4S. The Balaban J connectivity index is 2.54. The van der Waals surface area contributed by atoms with Crippen LogP contribution in [-0.2, 0) is 14.8 Å². The second kappa shape index (κ2) is 3.40. The van der Waals surface area contributed by atoms with Crippen LogP contribution in [0.1, 0.15) is 19.3 Å². The van der Waals surface area contributed by atoms with Crippen LogP contribution >= 0.6 is 0 Å². The highest BCUT2D eigenvalue weighted by molar-refractivity contribution is 7.90. The van der Waals surface area contributed by atoms with Crippen LogP contribution in [0.25, 0.3) is 0 Å². The van der Waals surface area contributed by atoms with Crippen LogP contribution in [0.3, 0.4) is 0 Å². The van der Waals surface area contributed by atoms with E-state index in [1.165, 1.54) is 0 Å². The van der Waals surface area contributed by atoms with Gasteiger partial charge in [-0.15, -0.1) is 0 Å². The number of sulfonamides is 1. The van der Waals surface area contributed by atoms with Gasteiger partial charge in [-0.3, -0.25) is 9.52 Å². The summed E-state index contributed by atoms with van der Waals surface area (Å²) in [6.45, 7) is -0.786. The zero-order valence-electron chi connectivity index (χ0n) is 6.49. The van der Waals surface area contributed by atoms with Gasteiger partial charge in [-0.1, -0.05) is 6.42 Å². The molecule has 1 aliphatic rings. The number of carbonyl (C=O) groups is 1. The smallest absolute Gasteiger partial charge is 0.259 e. The lowest BCUT2D eigenvalue weighted by Crippen LogP contribution is -2.42. The van der Waals surface area contributed by atoms with E-state index in [0.717, 1.165) is 6.42 Å². The predicted molar refractivity (Wildman–Crippen MR) is 41.8 cm³/mol.